The summed E-state index contributed by atoms with van der Waals surface area (Å²) in [5, 5.41) is 5.95. The standard InChI is InChI=1S/C14H22N2O2/c1-3-4-7-10-15-14(17)11-16-12-8-5-6-9-13(12)18-2/h5-6,8-9,16H,3-4,7,10-11H2,1-2H3,(H,15,17). The third kappa shape index (κ3) is 5.08. The molecule has 0 spiro atoms. The van der Waals surface area contributed by atoms with Gasteiger partial charge in [0.15, 0.2) is 0 Å². The van der Waals surface area contributed by atoms with E-state index in [1.165, 1.54) is 0 Å². The average molecular weight is 250 g/mol. The number of carbonyl (C=O) groups is 1. The largest absolute Gasteiger partial charge is 0.495 e. The fraction of sp³-hybridized carbons (Fsp3) is 0.500. The Bertz CT molecular complexity index is 367. The number of unbranched alkanes of at least 4 members (excludes halogenated alkanes) is 2. The molecule has 2 N–H and O–H groups in total. The zero-order valence-electron chi connectivity index (χ0n) is 11.2. The van der Waals surface area contributed by atoms with Gasteiger partial charge in [-0.2, -0.15) is 0 Å². The Hall–Kier alpha value is -1.71. The number of para-hydroxylation sites is 2. The topological polar surface area (TPSA) is 50.4 Å². The fourth-order valence-electron chi connectivity index (χ4n) is 1.63. The first-order valence-electron chi connectivity index (χ1n) is 6.41. The summed E-state index contributed by atoms with van der Waals surface area (Å²) in [6.45, 7) is 3.16. The highest BCUT2D eigenvalue weighted by Crippen LogP contribution is 2.22. The highest BCUT2D eigenvalue weighted by molar-refractivity contribution is 5.81. The van der Waals surface area contributed by atoms with Gasteiger partial charge in [0.1, 0.15) is 5.75 Å². The maximum absolute atomic E-state index is 11.6. The van der Waals surface area contributed by atoms with Gasteiger partial charge in [-0.1, -0.05) is 31.9 Å². The van der Waals surface area contributed by atoms with Crippen LogP contribution in [0.3, 0.4) is 0 Å². The number of hydrogen-bond donors (Lipinski definition) is 2. The lowest BCUT2D eigenvalue weighted by Gasteiger charge is -2.10. The predicted octanol–water partition coefficient (Wildman–Crippen LogP) is 2.41. The molecule has 4 nitrogen and oxygen atoms in total. The minimum absolute atomic E-state index is 0.0111. The van der Waals surface area contributed by atoms with Crippen molar-refractivity contribution in [1.29, 1.82) is 0 Å². The Morgan fingerprint density at radius 1 is 1.28 bits per heavy atom. The van der Waals surface area contributed by atoms with Gasteiger partial charge < -0.3 is 15.4 Å². The number of methoxy groups -OCH3 is 1. The smallest absolute Gasteiger partial charge is 0.239 e. The van der Waals surface area contributed by atoms with Crippen molar-refractivity contribution in [2.45, 2.75) is 26.2 Å². The van der Waals surface area contributed by atoms with Gasteiger partial charge in [-0.3, -0.25) is 4.79 Å². The molecule has 18 heavy (non-hydrogen) atoms. The van der Waals surface area contributed by atoms with Crippen molar-refractivity contribution in [2.75, 3.05) is 25.5 Å². The van der Waals surface area contributed by atoms with Crippen LogP contribution in [-0.2, 0) is 4.79 Å². The van der Waals surface area contributed by atoms with E-state index < -0.39 is 0 Å². The van der Waals surface area contributed by atoms with Crippen LogP contribution in [0.25, 0.3) is 0 Å². The van der Waals surface area contributed by atoms with Crippen LogP contribution in [-0.4, -0.2) is 26.1 Å². The maximum Gasteiger partial charge on any atom is 0.239 e. The molecule has 0 aromatic heterocycles. The summed E-state index contributed by atoms with van der Waals surface area (Å²) in [4.78, 5) is 11.6. The lowest BCUT2D eigenvalue weighted by atomic mass is 10.2. The van der Waals surface area contributed by atoms with Crippen molar-refractivity contribution in [2.24, 2.45) is 0 Å². The van der Waals surface area contributed by atoms with E-state index in [1.807, 2.05) is 24.3 Å². The third-order valence-corrected chi connectivity index (χ3v) is 2.65. The molecule has 1 rings (SSSR count). The zero-order valence-corrected chi connectivity index (χ0v) is 11.2. The first kappa shape index (κ1) is 14.4. The quantitative estimate of drug-likeness (QED) is 0.697. The van der Waals surface area contributed by atoms with Gasteiger partial charge in [0.05, 0.1) is 19.3 Å². The van der Waals surface area contributed by atoms with E-state index in [4.69, 9.17) is 4.74 Å². The Kier molecular flexibility index (Phi) is 6.69. The highest BCUT2D eigenvalue weighted by Gasteiger charge is 2.03. The van der Waals surface area contributed by atoms with Crippen molar-refractivity contribution < 1.29 is 9.53 Å². The molecule has 4 heteroatoms. The van der Waals surface area contributed by atoms with E-state index in [0.717, 1.165) is 37.2 Å². The van der Waals surface area contributed by atoms with Crippen LogP contribution >= 0.6 is 0 Å². The highest BCUT2D eigenvalue weighted by atomic mass is 16.5. The zero-order chi connectivity index (χ0) is 13.2. The van der Waals surface area contributed by atoms with Gasteiger partial charge >= 0.3 is 0 Å². The first-order chi connectivity index (χ1) is 8.77. The summed E-state index contributed by atoms with van der Waals surface area (Å²) in [7, 11) is 1.62. The van der Waals surface area contributed by atoms with Crippen LogP contribution < -0.4 is 15.4 Å². The lowest BCUT2D eigenvalue weighted by Crippen LogP contribution is -2.30. The molecular weight excluding hydrogens is 228 g/mol. The number of carbonyl (C=O) groups excluding carboxylic acids is 1. The number of hydrogen-bond acceptors (Lipinski definition) is 3. The number of ether oxygens (including phenoxy) is 1. The Balaban J connectivity index is 2.29. The minimum atomic E-state index is 0.0111. The summed E-state index contributed by atoms with van der Waals surface area (Å²) in [6.07, 6.45) is 3.35. The van der Waals surface area contributed by atoms with Gasteiger partial charge in [0.25, 0.3) is 0 Å². The molecule has 0 bridgehead atoms. The van der Waals surface area contributed by atoms with Crippen LogP contribution in [0.5, 0.6) is 5.75 Å². The normalized spacial score (nSPS) is 9.89. The van der Waals surface area contributed by atoms with E-state index in [0.29, 0.717) is 0 Å². The van der Waals surface area contributed by atoms with Gasteiger partial charge in [0, 0.05) is 6.54 Å². The van der Waals surface area contributed by atoms with Crippen molar-refractivity contribution in [3.05, 3.63) is 24.3 Å². The minimum Gasteiger partial charge on any atom is -0.495 e. The number of nitrogens with one attached hydrogen (secondary N) is 2. The summed E-state index contributed by atoms with van der Waals surface area (Å²) in [6, 6.07) is 7.56. The van der Waals surface area contributed by atoms with Crippen LogP contribution in [0, 0.1) is 0 Å². The van der Waals surface area contributed by atoms with Crippen LogP contribution in [0.2, 0.25) is 0 Å². The summed E-state index contributed by atoms with van der Waals surface area (Å²) < 4.78 is 5.20. The van der Waals surface area contributed by atoms with Crippen molar-refractivity contribution in [1.82, 2.24) is 5.32 Å². The number of rotatable bonds is 8. The van der Waals surface area contributed by atoms with E-state index in [1.54, 1.807) is 7.11 Å². The molecule has 0 aliphatic heterocycles. The Labute approximate surface area is 109 Å². The van der Waals surface area contributed by atoms with E-state index in [2.05, 4.69) is 17.6 Å². The van der Waals surface area contributed by atoms with Crippen LogP contribution in [0.4, 0.5) is 5.69 Å². The molecular formula is C14H22N2O2. The van der Waals surface area contributed by atoms with Gasteiger partial charge in [-0.15, -0.1) is 0 Å². The maximum atomic E-state index is 11.6. The second kappa shape index (κ2) is 8.39. The second-order valence-electron chi connectivity index (χ2n) is 4.11. The molecule has 0 fully saturated rings. The molecule has 100 valence electrons. The molecule has 0 atom stereocenters. The van der Waals surface area contributed by atoms with Crippen LogP contribution in [0.1, 0.15) is 26.2 Å². The molecule has 1 amide bonds. The molecule has 0 heterocycles. The van der Waals surface area contributed by atoms with Gasteiger partial charge in [-0.25, -0.2) is 0 Å². The lowest BCUT2D eigenvalue weighted by molar-refractivity contribution is -0.119. The Morgan fingerprint density at radius 3 is 2.78 bits per heavy atom. The van der Waals surface area contributed by atoms with Crippen molar-refractivity contribution in [3.8, 4) is 5.75 Å². The molecule has 0 unspecified atom stereocenters. The third-order valence-electron chi connectivity index (χ3n) is 2.65. The number of amides is 1. The van der Waals surface area contributed by atoms with E-state index in [9.17, 15) is 4.79 Å². The predicted molar refractivity (Wildman–Crippen MR) is 74.0 cm³/mol. The number of anilines is 1. The first-order valence-corrected chi connectivity index (χ1v) is 6.41. The van der Waals surface area contributed by atoms with Crippen molar-refractivity contribution in [3.63, 3.8) is 0 Å². The molecule has 1 aromatic rings. The molecule has 0 saturated carbocycles. The molecule has 1 aromatic carbocycles. The number of benzene rings is 1. The SMILES string of the molecule is CCCCCNC(=O)CNc1ccccc1OC. The summed E-state index contributed by atoms with van der Waals surface area (Å²) >= 11 is 0. The molecule has 0 aliphatic carbocycles. The Morgan fingerprint density at radius 2 is 2.06 bits per heavy atom. The second-order valence-corrected chi connectivity index (χ2v) is 4.11. The monoisotopic (exact) mass is 250 g/mol. The van der Waals surface area contributed by atoms with Crippen LogP contribution in [0.15, 0.2) is 24.3 Å². The average Bonchev–Trinajstić information content (AvgIpc) is 2.41. The molecule has 0 radical (unpaired) electrons. The van der Waals surface area contributed by atoms with E-state index in [-0.39, 0.29) is 12.5 Å². The van der Waals surface area contributed by atoms with Crippen molar-refractivity contribution >= 4 is 11.6 Å². The summed E-state index contributed by atoms with van der Waals surface area (Å²) in [5.41, 5.74) is 0.837. The van der Waals surface area contributed by atoms with E-state index >= 15 is 0 Å². The fourth-order valence-corrected chi connectivity index (χ4v) is 1.63. The van der Waals surface area contributed by atoms with Gasteiger partial charge in [0.2, 0.25) is 5.91 Å². The summed E-state index contributed by atoms with van der Waals surface area (Å²) in [5.74, 6) is 0.758. The molecule has 0 saturated heterocycles. The molecule has 0 aliphatic rings. The van der Waals surface area contributed by atoms with Gasteiger partial charge in [-0.05, 0) is 18.6 Å².